The molecule has 1 aliphatic rings. The van der Waals surface area contributed by atoms with Crippen LogP contribution in [-0.2, 0) is 0 Å². The molecule has 0 spiro atoms. The van der Waals surface area contributed by atoms with Gasteiger partial charge in [-0.2, -0.15) is 11.8 Å². The van der Waals surface area contributed by atoms with Crippen molar-refractivity contribution in [1.82, 2.24) is 9.97 Å². The molecular weight excluding hydrogens is 210 g/mol. The molecule has 82 valence electrons. The summed E-state index contributed by atoms with van der Waals surface area (Å²) in [6.45, 7) is 0. The molecule has 4 N–H and O–H groups in total. The Morgan fingerprint density at radius 2 is 2.27 bits per heavy atom. The molecule has 1 aromatic rings. The van der Waals surface area contributed by atoms with Crippen molar-refractivity contribution in [2.24, 2.45) is 5.84 Å². The summed E-state index contributed by atoms with van der Waals surface area (Å²) in [4.78, 5) is 8.31. The summed E-state index contributed by atoms with van der Waals surface area (Å²) in [6, 6.07) is 0.506. The zero-order valence-electron chi connectivity index (χ0n) is 8.44. The van der Waals surface area contributed by atoms with E-state index in [1.807, 2.05) is 11.8 Å². The van der Waals surface area contributed by atoms with Crippen LogP contribution < -0.4 is 16.6 Å². The van der Waals surface area contributed by atoms with Crippen LogP contribution in [0.2, 0.25) is 0 Å². The van der Waals surface area contributed by atoms with Gasteiger partial charge >= 0.3 is 0 Å². The number of anilines is 2. The summed E-state index contributed by atoms with van der Waals surface area (Å²) in [5.41, 5.74) is 2.49. The van der Waals surface area contributed by atoms with Crippen molar-refractivity contribution in [2.75, 3.05) is 22.2 Å². The Bertz CT molecular complexity index is 313. The van der Waals surface area contributed by atoms with Crippen molar-refractivity contribution in [3.05, 3.63) is 12.4 Å². The van der Waals surface area contributed by atoms with Gasteiger partial charge in [0.1, 0.15) is 5.82 Å². The molecule has 15 heavy (non-hydrogen) atoms. The van der Waals surface area contributed by atoms with Crippen LogP contribution in [0.1, 0.15) is 12.8 Å². The average Bonchev–Trinajstić information content (AvgIpc) is 2.31. The van der Waals surface area contributed by atoms with E-state index in [1.165, 1.54) is 18.6 Å². The highest BCUT2D eigenvalue weighted by atomic mass is 32.2. The number of rotatable bonds is 3. The number of aromatic nitrogens is 2. The Morgan fingerprint density at radius 3 is 3.00 bits per heavy atom. The van der Waals surface area contributed by atoms with Crippen LogP contribution >= 0.6 is 11.8 Å². The minimum absolute atomic E-state index is 0.506. The SMILES string of the molecule is NNc1cncc(NC2CCCSC2)n1. The van der Waals surface area contributed by atoms with Gasteiger partial charge in [-0.15, -0.1) is 0 Å². The summed E-state index contributed by atoms with van der Waals surface area (Å²) < 4.78 is 0. The quantitative estimate of drug-likeness (QED) is 0.528. The van der Waals surface area contributed by atoms with E-state index in [4.69, 9.17) is 5.84 Å². The Balaban J connectivity index is 1.96. The van der Waals surface area contributed by atoms with Crippen molar-refractivity contribution in [2.45, 2.75) is 18.9 Å². The first-order valence-electron chi connectivity index (χ1n) is 5.01. The second-order valence-electron chi connectivity index (χ2n) is 3.49. The van der Waals surface area contributed by atoms with Gasteiger partial charge in [0.2, 0.25) is 0 Å². The van der Waals surface area contributed by atoms with Crippen molar-refractivity contribution in [3.8, 4) is 0 Å². The third-order valence-electron chi connectivity index (χ3n) is 2.29. The Hall–Kier alpha value is -1.01. The van der Waals surface area contributed by atoms with E-state index in [0.717, 1.165) is 11.6 Å². The Morgan fingerprint density at radius 1 is 1.40 bits per heavy atom. The molecule has 2 rings (SSSR count). The number of nitrogens with two attached hydrogens (primary N) is 1. The topological polar surface area (TPSA) is 75.9 Å². The van der Waals surface area contributed by atoms with E-state index in [9.17, 15) is 0 Å². The number of hydrazine groups is 1. The lowest BCUT2D eigenvalue weighted by Crippen LogP contribution is -2.26. The summed E-state index contributed by atoms with van der Waals surface area (Å²) in [5, 5.41) is 3.37. The fourth-order valence-corrected chi connectivity index (χ4v) is 2.64. The van der Waals surface area contributed by atoms with Crippen LogP contribution in [0.5, 0.6) is 0 Å². The van der Waals surface area contributed by atoms with Gasteiger partial charge in [0.25, 0.3) is 0 Å². The van der Waals surface area contributed by atoms with Crippen LogP contribution in [0.4, 0.5) is 11.6 Å². The maximum Gasteiger partial charge on any atom is 0.160 e. The molecule has 1 unspecified atom stereocenters. The lowest BCUT2D eigenvalue weighted by molar-refractivity contribution is 0.682. The lowest BCUT2D eigenvalue weighted by atomic mass is 10.2. The highest BCUT2D eigenvalue weighted by Crippen LogP contribution is 2.20. The van der Waals surface area contributed by atoms with Gasteiger partial charge in [-0.3, -0.25) is 4.98 Å². The van der Waals surface area contributed by atoms with Crippen LogP contribution in [0, 0.1) is 0 Å². The van der Waals surface area contributed by atoms with Gasteiger partial charge < -0.3 is 10.7 Å². The molecule has 5 nitrogen and oxygen atoms in total. The standard InChI is InChI=1S/C9H15N5S/c10-14-9-5-11-4-8(13-9)12-7-2-1-3-15-6-7/h4-5,7H,1-3,6,10H2,(H2,12,13,14). The van der Waals surface area contributed by atoms with Crippen molar-refractivity contribution < 1.29 is 0 Å². The predicted octanol–water partition coefficient (Wildman–Crippen LogP) is 1.07. The van der Waals surface area contributed by atoms with Crippen LogP contribution in [0.25, 0.3) is 0 Å². The predicted molar refractivity (Wildman–Crippen MR) is 63.8 cm³/mol. The molecule has 0 aliphatic carbocycles. The Kier molecular flexibility index (Phi) is 3.63. The first-order valence-corrected chi connectivity index (χ1v) is 6.17. The minimum atomic E-state index is 0.506. The third kappa shape index (κ3) is 2.97. The average molecular weight is 225 g/mol. The molecule has 1 atom stereocenters. The highest BCUT2D eigenvalue weighted by molar-refractivity contribution is 7.99. The fourth-order valence-electron chi connectivity index (χ4n) is 1.57. The van der Waals surface area contributed by atoms with E-state index in [2.05, 4.69) is 20.7 Å². The van der Waals surface area contributed by atoms with Crippen molar-refractivity contribution in [1.29, 1.82) is 0 Å². The van der Waals surface area contributed by atoms with E-state index in [0.29, 0.717) is 11.9 Å². The summed E-state index contributed by atoms with van der Waals surface area (Å²) in [7, 11) is 0. The minimum Gasteiger partial charge on any atom is -0.365 e. The maximum absolute atomic E-state index is 5.27. The molecule has 6 heteroatoms. The molecular formula is C9H15N5S. The monoisotopic (exact) mass is 225 g/mol. The fraction of sp³-hybridized carbons (Fsp3) is 0.556. The van der Waals surface area contributed by atoms with E-state index in [1.54, 1.807) is 12.4 Å². The normalized spacial score (nSPS) is 21.0. The second-order valence-corrected chi connectivity index (χ2v) is 4.64. The van der Waals surface area contributed by atoms with E-state index < -0.39 is 0 Å². The van der Waals surface area contributed by atoms with Gasteiger partial charge in [-0.1, -0.05) is 0 Å². The summed E-state index contributed by atoms with van der Waals surface area (Å²) in [5.74, 6) is 9.06. The zero-order valence-corrected chi connectivity index (χ0v) is 9.26. The van der Waals surface area contributed by atoms with Crippen LogP contribution in [0.15, 0.2) is 12.4 Å². The highest BCUT2D eigenvalue weighted by Gasteiger charge is 2.13. The molecule has 0 amide bonds. The van der Waals surface area contributed by atoms with Crippen molar-refractivity contribution in [3.63, 3.8) is 0 Å². The van der Waals surface area contributed by atoms with Crippen LogP contribution in [-0.4, -0.2) is 27.5 Å². The zero-order chi connectivity index (χ0) is 10.5. The maximum atomic E-state index is 5.27. The number of nitrogens with one attached hydrogen (secondary N) is 2. The van der Waals surface area contributed by atoms with Gasteiger partial charge in [0.15, 0.2) is 5.82 Å². The molecule has 1 aromatic heterocycles. The van der Waals surface area contributed by atoms with Gasteiger partial charge in [0.05, 0.1) is 12.4 Å². The van der Waals surface area contributed by atoms with E-state index in [-0.39, 0.29) is 0 Å². The van der Waals surface area contributed by atoms with E-state index >= 15 is 0 Å². The molecule has 1 saturated heterocycles. The first kappa shape index (κ1) is 10.5. The second kappa shape index (κ2) is 5.18. The van der Waals surface area contributed by atoms with Gasteiger partial charge in [-0.25, -0.2) is 10.8 Å². The first-order chi connectivity index (χ1) is 7.38. The molecule has 0 radical (unpaired) electrons. The molecule has 0 saturated carbocycles. The van der Waals surface area contributed by atoms with Gasteiger partial charge in [0, 0.05) is 11.8 Å². The molecule has 0 bridgehead atoms. The van der Waals surface area contributed by atoms with Crippen molar-refractivity contribution >= 4 is 23.4 Å². The Labute approximate surface area is 93.2 Å². The number of hydrogen-bond donors (Lipinski definition) is 3. The number of thioether (sulfide) groups is 1. The molecule has 1 aliphatic heterocycles. The number of nitrogen functional groups attached to an aromatic ring is 1. The van der Waals surface area contributed by atoms with Crippen LogP contribution in [0.3, 0.4) is 0 Å². The molecule has 1 fully saturated rings. The summed E-state index contributed by atoms with van der Waals surface area (Å²) in [6.07, 6.45) is 5.79. The number of nitrogens with zero attached hydrogens (tertiary/aromatic N) is 2. The smallest absolute Gasteiger partial charge is 0.160 e. The molecule has 0 aromatic carbocycles. The third-order valence-corrected chi connectivity index (χ3v) is 3.51. The van der Waals surface area contributed by atoms with Gasteiger partial charge in [-0.05, 0) is 18.6 Å². The summed E-state index contributed by atoms with van der Waals surface area (Å²) >= 11 is 1.98. The molecule has 2 heterocycles. The lowest BCUT2D eigenvalue weighted by Gasteiger charge is -2.22. The number of hydrogen-bond acceptors (Lipinski definition) is 6. The largest absolute Gasteiger partial charge is 0.365 e.